The molecule has 2 aromatic carbocycles. The molecular weight excluding hydrogens is 416 g/mol. The third kappa shape index (κ3) is 5.81. The number of hydrogen-bond acceptors (Lipinski definition) is 5. The molecule has 0 saturated carbocycles. The number of furan rings is 1. The SMILES string of the molecule is Cc1cc(N2CCN(C)CC2)ccc1NC(=O)[C@@H](Cc1ccccc1)NC(=O)c1ccco1. The molecule has 0 spiro atoms. The molecule has 1 saturated heterocycles. The number of benzene rings is 2. The lowest BCUT2D eigenvalue weighted by atomic mass is 10.0. The lowest BCUT2D eigenvalue weighted by Gasteiger charge is -2.34. The van der Waals surface area contributed by atoms with E-state index >= 15 is 0 Å². The van der Waals surface area contributed by atoms with Crippen LogP contribution >= 0.6 is 0 Å². The number of likely N-dealkylation sites (N-methyl/N-ethyl adjacent to an activating group) is 1. The Kier molecular flexibility index (Phi) is 7.10. The molecule has 0 aliphatic carbocycles. The Morgan fingerprint density at radius 2 is 1.76 bits per heavy atom. The second kappa shape index (κ2) is 10.4. The van der Waals surface area contributed by atoms with Gasteiger partial charge in [-0.05, 0) is 55.4 Å². The number of hydrogen-bond donors (Lipinski definition) is 2. The van der Waals surface area contributed by atoms with Gasteiger partial charge in [-0.3, -0.25) is 9.59 Å². The van der Waals surface area contributed by atoms with Gasteiger partial charge in [0.05, 0.1) is 6.26 Å². The van der Waals surface area contributed by atoms with Crippen molar-refractivity contribution in [3.63, 3.8) is 0 Å². The van der Waals surface area contributed by atoms with Gasteiger partial charge in [0, 0.05) is 44.0 Å². The second-order valence-corrected chi connectivity index (χ2v) is 8.47. The van der Waals surface area contributed by atoms with E-state index in [9.17, 15) is 9.59 Å². The summed E-state index contributed by atoms with van der Waals surface area (Å²) < 4.78 is 5.19. The first-order valence-electron chi connectivity index (χ1n) is 11.2. The van der Waals surface area contributed by atoms with Crippen molar-refractivity contribution < 1.29 is 14.0 Å². The van der Waals surface area contributed by atoms with Crippen molar-refractivity contribution in [3.05, 3.63) is 83.8 Å². The molecule has 7 heteroatoms. The number of piperazine rings is 1. The fourth-order valence-electron chi connectivity index (χ4n) is 3.97. The van der Waals surface area contributed by atoms with Crippen molar-refractivity contribution in [2.75, 3.05) is 43.4 Å². The van der Waals surface area contributed by atoms with Crippen LogP contribution in [0.15, 0.2) is 71.3 Å². The Labute approximate surface area is 194 Å². The van der Waals surface area contributed by atoms with E-state index in [0.717, 1.165) is 48.7 Å². The molecule has 1 aliphatic heterocycles. The van der Waals surface area contributed by atoms with Crippen molar-refractivity contribution in [2.45, 2.75) is 19.4 Å². The van der Waals surface area contributed by atoms with Gasteiger partial charge in [-0.15, -0.1) is 0 Å². The van der Waals surface area contributed by atoms with E-state index in [4.69, 9.17) is 4.42 Å². The fraction of sp³-hybridized carbons (Fsp3) is 0.308. The largest absolute Gasteiger partial charge is 0.459 e. The number of nitrogens with zero attached hydrogens (tertiary/aromatic N) is 2. The van der Waals surface area contributed by atoms with Crippen LogP contribution in [0.5, 0.6) is 0 Å². The summed E-state index contributed by atoms with van der Waals surface area (Å²) in [6, 6.07) is 18.2. The van der Waals surface area contributed by atoms with E-state index in [2.05, 4.69) is 33.5 Å². The summed E-state index contributed by atoms with van der Waals surface area (Å²) in [6.45, 7) is 6.03. The molecule has 2 heterocycles. The molecule has 4 rings (SSSR count). The molecule has 2 amide bonds. The van der Waals surface area contributed by atoms with Gasteiger partial charge >= 0.3 is 0 Å². The number of carbonyl (C=O) groups excluding carboxylic acids is 2. The van der Waals surface area contributed by atoms with Gasteiger partial charge in [-0.2, -0.15) is 0 Å². The Morgan fingerprint density at radius 1 is 1.00 bits per heavy atom. The summed E-state index contributed by atoms with van der Waals surface area (Å²) in [5.74, 6) is -0.513. The van der Waals surface area contributed by atoms with Crippen molar-refractivity contribution in [1.29, 1.82) is 0 Å². The van der Waals surface area contributed by atoms with Gasteiger partial charge in [-0.25, -0.2) is 0 Å². The molecule has 33 heavy (non-hydrogen) atoms. The van der Waals surface area contributed by atoms with E-state index in [-0.39, 0.29) is 11.7 Å². The minimum atomic E-state index is -0.748. The maximum atomic E-state index is 13.2. The van der Waals surface area contributed by atoms with Crippen LogP contribution in [0.3, 0.4) is 0 Å². The number of nitrogens with one attached hydrogen (secondary N) is 2. The third-order valence-electron chi connectivity index (χ3n) is 5.99. The first-order valence-corrected chi connectivity index (χ1v) is 11.2. The highest BCUT2D eigenvalue weighted by Gasteiger charge is 2.24. The zero-order valence-corrected chi connectivity index (χ0v) is 19.1. The molecule has 1 fully saturated rings. The number of anilines is 2. The van der Waals surface area contributed by atoms with Crippen molar-refractivity contribution >= 4 is 23.2 Å². The number of aryl methyl sites for hydroxylation is 1. The third-order valence-corrected chi connectivity index (χ3v) is 5.99. The highest BCUT2D eigenvalue weighted by Crippen LogP contribution is 2.24. The van der Waals surface area contributed by atoms with Crippen LogP contribution in [0.4, 0.5) is 11.4 Å². The van der Waals surface area contributed by atoms with Gasteiger partial charge in [0.1, 0.15) is 6.04 Å². The average molecular weight is 447 g/mol. The quantitative estimate of drug-likeness (QED) is 0.582. The minimum absolute atomic E-state index is 0.175. The summed E-state index contributed by atoms with van der Waals surface area (Å²) in [4.78, 5) is 30.5. The highest BCUT2D eigenvalue weighted by atomic mass is 16.3. The molecule has 1 aliphatic rings. The smallest absolute Gasteiger partial charge is 0.287 e. The molecule has 0 bridgehead atoms. The van der Waals surface area contributed by atoms with E-state index in [1.165, 1.54) is 6.26 Å². The van der Waals surface area contributed by atoms with E-state index in [1.807, 2.05) is 49.4 Å². The normalized spacial score (nSPS) is 15.2. The number of amides is 2. The van der Waals surface area contributed by atoms with Crippen molar-refractivity contribution in [2.24, 2.45) is 0 Å². The maximum absolute atomic E-state index is 13.2. The lowest BCUT2D eigenvalue weighted by Crippen LogP contribution is -2.45. The van der Waals surface area contributed by atoms with Crippen LogP contribution in [0, 0.1) is 6.92 Å². The number of carbonyl (C=O) groups is 2. The van der Waals surface area contributed by atoms with Gasteiger partial charge in [0.15, 0.2) is 5.76 Å². The van der Waals surface area contributed by atoms with Crippen molar-refractivity contribution in [3.8, 4) is 0 Å². The number of rotatable bonds is 7. The van der Waals surface area contributed by atoms with E-state index in [1.54, 1.807) is 12.1 Å². The maximum Gasteiger partial charge on any atom is 0.287 e. The van der Waals surface area contributed by atoms with Gasteiger partial charge in [0.2, 0.25) is 5.91 Å². The molecule has 0 unspecified atom stereocenters. The molecule has 1 aromatic heterocycles. The van der Waals surface area contributed by atoms with Crippen LogP contribution in [0.1, 0.15) is 21.7 Å². The first kappa shape index (κ1) is 22.6. The molecule has 3 aromatic rings. The van der Waals surface area contributed by atoms with Gasteiger partial charge < -0.3 is 24.9 Å². The van der Waals surface area contributed by atoms with Crippen LogP contribution in [0.2, 0.25) is 0 Å². The molecule has 2 N–H and O–H groups in total. The highest BCUT2D eigenvalue weighted by molar-refractivity contribution is 6.00. The second-order valence-electron chi connectivity index (χ2n) is 8.47. The van der Waals surface area contributed by atoms with Gasteiger partial charge in [-0.1, -0.05) is 30.3 Å². The summed E-state index contributed by atoms with van der Waals surface area (Å²) in [7, 11) is 2.14. The standard InChI is InChI=1S/C26H30N4O3/c1-19-17-21(30-14-12-29(2)13-15-30)10-11-22(19)27-25(31)23(18-20-7-4-3-5-8-20)28-26(32)24-9-6-16-33-24/h3-11,16-17,23H,12-15,18H2,1-2H3,(H,27,31)(H,28,32)/t23-/m1/s1. The average Bonchev–Trinajstić information content (AvgIpc) is 3.36. The lowest BCUT2D eigenvalue weighted by molar-refractivity contribution is -0.118. The minimum Gasteiger partial charge on any atom is -0.459 e. The monoisotopic (exact) mass is 446 g/mol. The van der Waals surface area contributed by atoms with Crippen LogP contribution in [0.25, 0.3) is 0 Å². The van der Waals surface area contributed by atoms with Crippen LogP contribution < -0.4 is 15.5 Å². The predicted molar refractivity (Wildman–Crippen MR) is 130 cm³/mol. The predicted octanol–water partition coefficient (Wildman–Crippen LogP) is 3.32. The fourth-order valence-corrected chi connectivity index (χ4v) is 3.97. The Morgan fingerprint density at radius 3 is 2.42 bits per heavy atom. The summed E-state index contributed by atoms with van der Waals surface area (Å²) in [6.07, 6.45) is 1.81. The summed E-state index contributed by atoms with van der Waals surface area (Å²) in [5, 5.41) is 5.82. The van der Waals surface area contributed by atoms with Crippen molar-refractivity contribution in [1.82, 2.24) is 10.2 Å². The molecule has 0 radical (unpaired) electrons. The topological polar surface area (TPSA) is 77.8 Å². The molecule has 1 atom stereocenters. The zero-order chi connectivity index (χ0) is 23.2. The Bertz CT molecular complexity index is 1070. The van der Waals surface area contributed by atoms with Crippen LogP contribution in [-0.4, -0.2) is 56.0 Å². The molecule has 172 valence electrons. The van der Waals surface area contributed by atoms with Gasteiger partial charge in [0.25, 0.3) is 5.91 Å². The van der Waals surface area contributed by atoms with Crippen LogP contribution in [-0.2, 0) is 11.2 Å². The van der Waals surface area contributed by atoms with E-state index < -0.39 is 11.9 Å². The molecular formula is C26H30N4O3. The summed E-state index contributed by atoms with van der Waals surface area (Å²) in [5.41, 5.74) is 3.84. The first-order chi connectivity index (χ1) is 16.0. The summed E-state index contributed by atoms with van der Waals surface area (Å²) >= 11 is 0. The van der Waals surface area contributed by atoms with E-state index in [0.29, 0.717) is 6.42 Å². The zero-order valence-electron chi connectivity index (χ0n) is 19.1. The Hall–Kier alpha value is -3.58. The molecule has 7 nitrogen and oxygen atoms in total. The Balaban J connectivity index is 1.48.